The Bertz CT molecular complexity index is 373. The molecule has 1 heterocycles. The van der Waals surface area contributed by atoms with Crippen molar-refractivity contribution < 1.29 is 0 Å². The van der Waals surface area contributed by atoms with Crippen LogP contribution in [0.25, 0.3) is 0 Å². The molecule has 1 heteroatoms. The van der Waals surface area contributed by atoms with Crippen LogP contribution in [-0.2, 0) is 6.42 Å². The summed E-state index contributed by atoms with van der Waals surface area (Å²) in [5, 5.41) is 3.74. The third-order valence-electron chi connectivity index (χ3n) is 4.12. The van der Waals surface area contributed by atoms with Crippen LogP contribution in [0.1, 0.15) is 49.3 Å². The Morgan fingerprint density at radius 2 is 1.94 bits per heavy atom. The number of hydrogen-bond donors (Lipinski definition) is 1. The molecule has 1 unspecified atom stereocenters. The van der Waals surface area contributed by atoms with Crippen LogP contribution >= 0.6 is 0 Å². The summed E-state index contributed by atoms with van der Waals surface area (Å²) in [5.74, 6) is 0. The van der Waals surface area contributed by atoms with Gasteiger partial charge in [-0.2, -0.15) is 0 Å². The zero-order chi connectivity index (χ0) is 12.3. The fraction of sp³-hybridized carbons (Fsp3) is 0.625. The van der Waals surface area contributed by atoms with Gasteiger partial charge in [0.05, 0.1) is 0 Å². The molecule has 0 spiro atoms. The molecule has 0 radical (unpaired) electrons. The highest BCUT2D eigenvalue weighted by Crippen LogP contribution is 2.24. The maximum Gasteiger partial charge on any atom is 0.0193 e. The lowest BCUT2D eigenvalue weighted by atomic mass is 9.87. The molecule has 0 aromatic heterocycles. The first-order valence-corrected chi connectivity index (χ1v) is 6.90. The van der Waals surface area contributed by atoms with Gasteiger partial charge in [-0.05, 0) is 63.3 Å². The van der Waals surface area contributed by atoms with Gasteiger partial charge in [0.2, 0.25) is 0 Å². The van der Waals surface area contributed by atoms with Gasteiger partial charge in [-0.25, -0.2) is 0 Å². The summed E-state index contributed by atoms with van der Waals surface area (Å²) in [6.07, 6.45) is 6.56. The van der Waals surface area contributed by atoms with E-state index in [1.165, 1.54) is 48.9 Å². The van der Waals surface area contributed by atoms with E-state index in [9.17, 15) is 0 Å². The van der Waals surface area contributed by atoms with Gasteiger partial charge >= 0.3 is 0 Å². The number of aryl methyl sites for hydroxylation is 2. The van der Waals surface area contributed by atoms with E-state index in [4.69, 9.17) is 0 Å². The van der Waals surface area contributed by atoms with Crippen LogP contribution in [0.2, 0.25) is 0 Å². The van der Waals surface area contributed by atoms with Gasteiger partial charge in [-0.15, -0.1) is 0 Å². The minimum atomic E-state index is 0.304. The van der Waals surface area contributed by atoms with Gasteiger partial charge in [-0.1, -0.05) is 31.0 Å². The third kappa shape index (κ3) is 3.32. The molecule has 0 saturated carbocycles. The molecule has 1 aromatic rings. The highest BCUT2D eigenvalue weighted by molar-refractivity contribution is 5.30. The quantitative estimate of drug-likeness (QED) is 0.817. The molecule has 1 N–H and O–H groups in total. The summed E-state index contributed by atoms with van der Waals surface area (Å²) >= 11 is 0. The molecule has 1 atom stereocenters. The lowest BCUT2D eigenvalue weighted by Crippen LogP contribution is -2.43. The van der Waals surface area contributed by atoms with Crippen molar-refractivity contribution in [2.45, 2.75) is 58.4 Å². The Morgan fingerprint density at radius 3 is 2.71 bits per heavy atom. The summed E-state index contributed by atoms with van der Waals surface area (Å²) in [6, 6.07) is 6.90. The first-order chi connectivity index (χ1) is 8.09. The Morgan fingerprint density at radius 1 is 1.12 bits per heavy atom. The Kier molecular flexibility index (Phi) is 3.88. The minimum Gasteiger partial charge on any atom is -0.311 e. The molecule has 94 valence electrons. The van der Waals surface area contributed by atoms with Crippen LogP contribution < -0.4 is 5.32 Å². The normalized spacial score (nSPS) is 25.6. The van der Waals surface area contributed by atoms with Crippen LogP contribution in [0.3, 0.4) is 0 Å². The number of hydrogen-bond acceptors (Lipinski definition) is 1. The van der Waals surface area contributed by atoms with Gasteiger partial charge in [0, 0.05) is 5.54 Å². The van der Waals surface area contributed by atoms with Crippen LogP contribution in [0, 0.1) is 13.8 Å². The maximum atomic E-state index is 3.74. The lowest BCUT2D eigenvalue weighted by Gasteiger charge is -2.29. The van der Waals surface area contributed by atoms with Gasteiger partial charge in [0.15, 0.2) is 0 Å². The molecule has 17 heavy (non-hydrogen) atoms. The van der Waals surface area contributed by atoms with Crippen molar-refractivity contribution in [3.8, 4) is 0 Å². The Hall–Kier alpha value is -0.820. The van der Waals surface area contributed by atoms with E-state index in [0.717, 1.165) is 6.42 Å². The zero-order valence-electron chi connectivity index (χ0n) is 11.5. The second-order valence-corrected chi connectivity index (χ2v) is 5.89. The highest BCUT2D eigenvalue weighted by Gasteiger charge is 2.25. The number of nitrogens with one attached hydrogen (secondary N) is 1. The SMILES string of the molecule is Cc1ccc(CC2(C)CCCCCN2)cc1C. The fourth-order valence-corrected chi connectivity index (χ4v) is 2.81. The maximum absolute atomic E-state index is 3.74. The third-order valence-corrected chi connectivity index (χ3v) is 4.12. The van der Waals surface area contributed by atoms with Crippen LogP contribution in [0.5, 0.6) is 0 Å². The van der Waals surface area contributed by atoms with E-state index < -0.39 is 0 Å². The molecule has 1 aliphatic heterocycles. The monoisotopic (exact) mass is 231 g/mol. The summed E-state index contributed by atoms with van der Waals surface area (Å²) in [6.45, 7) is 7.96. The molecule has 0 bridgehead atoms. The molecule has 0 amide bonds. The lowest BCUT2D eigenvalue weighted by molar-refractivity contribution is 0.345. The molecule has 0 aliphatic carbocycles. The van der Waals surface area contributed by atoms with E-state index >= 15 is 0 Å². The summed E-state index contributed by atoms with van der Waals surface area (Å²) in [4.78, 5) is 0. The highest BCUT2D eigenvalue weighted by atomic mass is 15.0. The van der Waals surface area contributed by atoms with E-state index in [1.807, 2.05) is 0 Å². The average molecular weight is 231 g/mol. The minimum absolute atomic E-state index is 0.304. The van der Waals surface area contributed by atoms with Crippen molar-refractivity contribution in [3.05, 3.63) is 34.9 Å². The second-order valence-electron chi connectivity index (χ2n) is 5.89. The fourth-order valence-electron chi connectivity index (χ4n) is 2.81. The molecular formula is C16H25N. The molecule has 1 nitrogen and oxygen atoms in total. The summed E-state index contributed by atoms with van der Waals surface area (Å²) < 4.78 is 0. The van der Waals surface area contributed by atoms with Crippen LogP contribution in [0.15, 0.2) is 18.2 Å². The van der Waals surface area contributed by atoms with E-state index in [2.05, 4.69) is 44.3 Å². The van der Waals surface area contributed by atoms with E-state index in [1.54, 1.807) is 0 Å². The van der Waals surface area contributed by atoms with Gasteiger partial charge < -0.3 is 5.32 Å². The van der Waals surface area contributed by atoms with Crippen LogP contribution in [-0.4, -0.2) is 12.1 Å². The smallest absolute Gasteiger partial charge is 0.0193 e. The first kappa shape index (κ1) is 12.6. The van der Waals surface area contributed by atoms with Crippen molar-refractivity contribution in [3.63, 3.8) is 0 Å². The zero-order valence-corrected chi connectivity index (χ0v) is 11.5. The molecular weight excluding hydrogens is 206 g/mol. The van der Waals surface area contributed by atoms with Crippen molar-refractivity contribution in [1.29, 1.82) is 0 Å². The standard InChI is InChI=1S/C16H25N/c1-13-7-8-15(11-14(13)2)12-16(3)9-5-4-6-10-17-16/h7-8,11,17H,4-6,9-10,12H2,1-3H3. The van der Waals surface area contributed by atoms with Gasteiger partial charge in [0.1, 0.15) is 0 Å². The molecule has 1 fully saturated rings. The largest absolute Gasteiger partial charge is 0.311 e. The Balaban J connectivity index is 2.10. The van der Waals surface area contributed by atoms with E-state index in [-0.39, 0.29) is 0 Å². The van der Waals surface area contributed by atoms with Gasteiger partial charge in [-0.3, -0.25) is 0 Å². The predicted octanol–water partition coefficient (Wildman–Crippen LogP) is 3.77. The molecule has 1 aromatic carbocycles. The van der Waals surface area contributed by atoms with Gasteiger partial charge in [0.25, 0.3) is 0 Å². The van der Waals surface area contributed by atoms with Crippen molar-refractivity contribution in [2.24, 2.45) is 0 Å². The molecule has 1 saturated heterocycles. The predicted molar refractivity (Wildman–Crippen MR) is 74.5 cm³/mol. The first-order valence-electron chi connectivity index (χ1n) is 6.90. The topological polar surface area (TPSA) is 12.0 Å². The second kappa shape index (κ2) is 5.22. The van der Waals surface area contributed by atoms with Crippen molar-refractivity contribution in [2.75, 3.05) is 6.54 Å². The number of rotatable bonds is 2. The Labute approximate surface area is 106 Å². The number of benzene rings is 1. The van der Waals surface area contributed by atoms with Crippen LogP contribution in [0.4, 0.5) is 0 Å². The molecule has 2 rings (SSSR count). The van der Waals surface area contributed by atoms with Crippen molar-refractivity contribution in [1.82, 2.24) is 5.32 Å². The van der Waals surface area contributed by atoms with E-state index in [0.29, 0.717) is 5.54 Å². The average Bonchev–Trinajstić information content (AvgIpc) is 2.49. The van der Waals surface area contributed by atoms with Crippen molar-refractivity contribution >= 4 is 0 Å². The summed E-state index contributed by atoms with van der Waals surface area (Å²) in [5.41, 5.74) is 4.59. The molecule has 1 aliphatic rings. The summed E-state index contributed by atoms with van der Waals surface area (Å²) in [7, 11) is 0.